The molecule has 0 saturated heterocycles. The third kappa shape index (κ3) is 2.01. The van der Waals surface area contributed by atoms with Crippen molar-refractivity contribution in [3.63, 3.8) is 0 Å². The predicted molar refractivity (Wildman–Crippen MR) is 86.8 cm³/mol. The summed E-state index contributed by atoms with van der Waals surface area (Å²) < 4.78 is 0. The summed E-state index contributed by atoms with van der Waals surface area (Å²) in [6.45, 7) is 3.27. The van der Waals surface area contributed by atoms with Crippen LogP contribution in [0.15, 0.2) is 12.5 Å². The monoisotopic (exact) mass is 298 g/mol. The lowest BCUT2D eigenvalue weighted by Crippen LogP contribution is -2.52. The van der Waals surface area contributed by atoms with Crippen molar-refractivity contribution in [2.24, 2.45) is 0 Å². The van der Waals surface area contributed by atoms with E-state index < -0.39 is 0 Å². The van der Waals surface area contributed by atoms with Crippen molar-refractivity contribution in [2.75, 3.05) is 16.8 Å². The van der Waals surface area contributed by atoms with E-state index in [9.17, 15) is 0 Å². The van der Waals surface area contributed by atoms with Crippen LogP contribution in [0.3, 0.4) is 0 Å². The quantitative estimate of drug-likeness (QED) is 0.939. The molecular formula is C16H22N6. The summed E-state index contributed by atoms with van der Waals surface area (Å²) in [5.74, 6) is 0.984. The number of aromatic nitrogens is 4. The van der Waals surface area contributed by atoms with Gasteiger partial charge in [-0.2, -0.15) is 0 Å². The molecule has 2 aromatic rings. The van der Waals surface area contributed by atoms with E-state index in [2.05, 4.69) is 37.3 Å². The van der Waals surface area contributed by atoms with E-state index in [4.69, 9.17) is 0 Å². The van der Waals surface area contributed by atoms with Gasteiger partial charge in [0.05, 0.1) is 11.1 Å². The number of fused-ring (bicyclic) bond motifs is 3. The highest BCUT2D eigenvalue weighted by Crippen LogP contribution is 2.47. The summed E-state index contributed by atoms with van der Waals surface area (Å²) >= 11 is 0. The summed E-state index contributed by atoms with van der Waals surface area (Å²) in [5.41, 5.74) is 1.77. The van der Waals surface area contributed by atoms with Gasteiger partial charge in [-0.1, -0.05) is 19.8 Å². The highest BCUT2D eigenvalue weighted by molar-refractivity contribution is 5.96. The van der Waals surface area contributed by atoms with E-state index in [1.807, 2.05) is 6.20 Å². The van der Waals surface area contributed by atoms with Gasteiger partial charge < -0.3 is 10.2 Å². The van der Waals surface area contributed by atoms with Gasteiger partial charge in [-0.3, -0.25) is 0 Å². The first-order chi connectivity index (χ1) is 10.8. The van der Waals surface area contributed by atoms with E-state index in [1.165, 1.54) is 51.3 Å². The molecule has 1 saturated carbocycles. The maximum absolute atomic E-state index is 4.49. The molecule has 2 aliphatic rings. The Bertz CT molecular complexity index is 679. The molecule has 6 heteroatoms. The number of nitrogens with one attached hydrogen (secondary N) is 1. The van der Waals surface area contributed by atoms with Crippen LogP contribution >= 0.6 is 0 Å². The van der Waals surface area contributed by atoms with Crippen LogP contribution in [-0.4, -0.2) is 32.4 Å². The molecule has 6 nitrogen and oxygen atoms in total. The zero-order valence-electron chi connectivity index (χ0n) is 13.0. The number of unbranched alkanes of at least 4 members (excludes halogenated alkanes) is 1. The first kappa shape index (κ1) is 13.7. The molecule has 2 aromatic heterocycles. The summed E-state index contributed by atoms with van der Waals surface area (Å²) in [7, 11) is 0. The molecule has 1 spiro atoms. The van der Waals surface area contributed by atoms with Crippen LogP contribution in [0.2, 0.25) is 0 Å². The van der Waals surface area contributed by atoms with E-state index in [-0.39, 0.29) is 5.66 Å². The van der Waals surface area contributed by atoms with Crippen molar-refractivity contribution < 1.29 is 0 Å². The second-order valence-electron chi connectivity index (χ2n) is 6.38. The molecule has 1 aliphatic carbocycles. The number of nitrogens with zero attached hydrogens (tertiary/aromatic N) is 5. The van der Waals surface area contributed by atoms with Crippen molar-refractivity contribution in [1.82, 2.24) is 20.2 Å². The Morgan fingerprint density at radius 2 is 2.09 bits per heavy atom. The second-order valence-corrected chi connectivity index (χ2v) is 6.38. The lowest BCUT2D eigenvalue weighted by molar-refractivity contribution is 0.315. The zero-order chi connectivity index (χ0) is 15.0. The lowest BCUT2D eigenvalue weighted by atomic mass is 9.88. The fourth-order valence-electron chi connectivity index (χ4n) is 3.83. The Balaban J connectivity index is 1.81. The molecule has 22 heavy (non-hydrogen) atoms. The molecule has 0 amide bonds. The van der Waals surface area contributed by atoms with Crippen LogP contribution in [0.5, 0.6) is 0 Å². The molecule has 0 bridgehead atoms. The molecule has 1 fully saturated rings. The summed E-state index contributed by atoms with van der Waals surface area (Å²) in [6, 6.07) is 0. The Morgan fingerprint density at radius 3 is 2.91 bits per heavy atom. The van der Waals surface area contributed by atoms with Gasteiger partial charge in [0.2, 0.25) is 0 Å². The number of rotatable bonds is 3. The van der Waals surface area contributed by atoms with Gasteiger partial charge in [-0.05, 0) is 32.1 Å². The first-order valence-corrected chi connectivity index (χ1v) is 8.36. The van der Waals surface area contributed by atoms with E-state index in [0.29, 0.717) is 5.65 Å². The summed E-state index contributed by atoms with van der Waals surface area (Å²) in [6.07, 6.45) is 11.9. The van der Waals surface area contributed by atoms with Crippen molar-refractivity contribution in [1.29, 1.82) is 0 Å². The topological polar surface area (TPSA) is 66.8 Å². The van der Waals surface area contributed by atoms with Crippen LogP contribution in [-0.2, 0) is 0 Å². The minimum Gasteiger partial charge on any atom is -0.359 e. The van der Waals surface area contributed by atoms with Gasteiger partial charge >= 0.3 is 0 Å². The minimum absolute atomic E-state index is 0.0224. The van der Waals surface area contributed by atoms with E-state index in [1.54, 1.807) is 0 Å². The number of anilines is 2. The predicted octanol–water partition coefficient (Wildman–Crippen LogP) is 3.11. The van der Waals surface area contributed by atoms with Crippen molar-refractivity contribution in [2.45, 2.75) is 57.5 Å². The molecule has 0 unspecified atom stereocenters. The van der Waals surface area contributed by atoms with Crippen molar-refractivity contribution in [3.05, 3.63) is 12.5 Å². The summed E-state index contributed by atoms with van der Waals surface area (Å²) in [5, 5.41) is 13.6. The Morgan fingerprint density at radius 1 is 1.23 bits per heavy atom. The van der Waals surface area contributed by atoms with Gasteiger partial charge in [0.15, 0.2) is 11.5 Å². The normalized spacial score (nSPS) is 19.4. The third-order valence-corrected chi connectivity index (χ3v) is 4.97. The number of hydrogen-bond acceptors (Lipinski definition) is 6. The molecular weight excluding hydrogens is 276 g/mol. The molecule has 3 heterocycles. The second kappa shape index (κ2) is 5.34. The molecule has 0 radical (unpaired) electrons. The maximum Gasteiger partial charge on any atom is 0.187 e. The van der Waals surface area contributed by atoms with Crippen LogP contribution in [0.25, 0.3) is 11.0 Å². The van der Waals surface area contributed by atoms with Crippen LogP contribution < -0.4 is 10.2 Å². The van der Waals surface area contributed by atoms with Gasteiger partial charge in [0.1, 0.15) is 12.0 Å². The fraction of sp³-hybridized carbons (Fsp3) is 0.625. The van der Waals surface area contributed by atoms with Gasteiger partial charge in [0, 0.05) is 12.7 Å². The van der Waals surface area contributed by atoms with Crippen LogP contribution in [0.4, 0.5) is 11.5 Å². The number of hydrogen-bond donors (Lipinski definition) is 1. The van der Waals surface area contributed by atoms with E-state index in [0.717, 1.165) is 23.4 Å². The largest absolute Gasteiger partial charge is 0.359 e. The third-order valence-electron chi connectivity index (χ3n) is 4.97. The Labute approximate surface area is 130 Å². The lowest BCUT2D eigenvalue weighted by Gasteiger charge is -2.42. The maximum atomic E-state index is 4.49. The van der Waals surface area contributed by atoms with Crippen LogP contribution in [0.1, 0.15) is 51.9 Å². The summed E-state index contributed by atoms with van der Waals surface area (Å²) in [4.78, 5) is 10.9. The zero-order valence-corrected chi connectivity index (χ0v) is 13.0. The molecule has 4 rings (SSSR count). The molecule has 0 atom stereocenters. The molecule has 116 valence electrons. The highest BCUT2D eigenvalue weighted by Gasteiger charge is 2.45. The molecule has 1 aliphatic heterocycles. The van der Waals surface area contributed by atoms with Crippen LogP contribution in [0, 0.1) is 0 Å². The van der Waals surface area contributed by atoms with Gasteiger partial charge in [0.25, 0.3) is 0 Å². The Kier molecular flexibility index (Phi) is 3.32. The smallest absolute Gasteiger partial charge is 0.187 e. The van der Waals surface area contributed by atoms with Gasteiger partial charge in [-0.25, -0.2) is 9.97 Å². The standard InChI is InChI=1S/C16H22N6/c1-2-3-9-22-15-13(19-16(22)7-5-4-6-8-16)12-10-17-11-18-14(12)20-21-15/h10-11,19H,2-9H2,1H3. The SMILES string of the molecule is CCCCN1c2nnc3ncncc3c2NC12CCCCC2. The van der Waals surface area contributed by atoms with Gasteiger partial charge in [-0.15, -0.1) is 10.2 Å². The highest BCUT2D eigenvalue weighted by atomic mass is 15.4. The van der Waals surface area contributed by atoms with Crippen molar-refractivity contribution >= 4 is 22.5 Å². The molecule has 0 aromatic carbocycles. The molecule has 1 N–H and O–H groups in total. The Hall–Kier alpha value is -1.98. The van der Waals surface area contributed by atoms with E-state index >= 15 is 0 Å². The average Bonchev–Trinajstić information content (AvgIpc) is 2.86. The van der Waals surface area contributed by atoms with Crippen molar-refractivity contribution in [3.8, 4) is 0 Å². The minimum atomic E-state index is 0.0224. The first-order valence-electron chi connectivity index (χ1n) is 8.36. The average molecular weight is 298 g/mol. The fourth-order valence-corrected chi connectivity index (χ4v) is 3.83.